The van der Waals surface area contributed by atoms with Gasteiger partial charge in [-0.3, -0.25) is 14.5 Å². The largest absolute Gasteiger partial charge is 0.472 e. The summed E-state index contributed by atoms with van der Waals surface area (Å²) in [5, 5.41) is 2.73. The van der Waals surface area contributed by atoms with Crippen LogP contribution in [-0.4, -0.2) is 37.0 Å². The average Bonchev–Trinajstić information content (AvgIpc) is 3.22. The number of carbonyl (C=O) groups excluding carboxylic acids is 2. The maximum absolute atomic E-state index is 14.2. The summed E-state index contributed by atoms with van der Waals surface area (Å²) in [5.74, 6) is -0.679. The van der Waals surface area contributed by atoms with Crippen LogP contribution >= 0.6 is 22.9 Å². The summed E-state index contributed by atoms with van der Waals surface area (Å²) in [7, 11) is 1.60. The van der Waals surface area contributed by atoms with Gasteiger partial charge in [-0.2, -0.15) is 0 Å². The van der Waals surface area contributed by atoms with Crippen molar-refractivity contribution in [2.45, 2.75) is 13.5 Å². The number of benzene rings is 2. The topological polar surface area (TPSA) is 61.9 Å². The van der Waals surface area contributed by atoms with Gasteiger partial charge in [0.15, 0.2) is 6.73 Å². The van der Waals surface area contributed by atoms with Gasteiger partial charge < -0.3 is 15.0 Å². The predicted octanol–water partition coefficient (Wildman–Crippen LogP) is 5.24. The second-order valence-corrected chi connectivity index (χ2v) is 8.96. The van der Waals surface area contributed by atoms with Gasteiger partial charge in [0.2, 0.25) is 0 Å². The van der Waals surface area contributed by atoms with Crippen LogP contribution < -0.4 is 15.0 Å². The lowest BCUT2D eigenvalue weighted by Gasteiger charge is -2.29. The Hall–Kier alpha value is -3.10. The second kappa shape index (κ2) is 9.18. The van der Waals surface area contributed by atoms with E-state index in [-0.39, 0.29) is 29.8 Å². The number of hydrogen-bond acceptors (Lipinski definition) is 5. The van der Waals surface area contributed by atoms with Gasteiger partial charge in [-0.25, -0.2) is 4.39 Å². The molecule has 0 atom stereocenters. The minimum absolute atomic E-state index is 0.00582. The van der Waals surface area contributed by atoms with Gasteiger partial charge in [0.25, 0.3) is 11.8 Å². The third-order valence-corrected chi connectivity index (χ3v) is 6.45. The number of halogens is 2. The summed E-state index contributed by atoms with van der Waals surface area (Å²) in [6.07, 6.45) is 0. The number of nitrogens with zero attached hydrogens (tertiary/aromatic N) is 2. The molecule has 3 aromatic rings. The predicted molar refractivity (Wildman–Crippen MR) is 124 cm³/mol. The number of nitrogens with one attached hydrogen (secondary N) is 1. The fraction of sp³-hybridized carbons (Fsp3) is 0.217. The van der Waals surface area contributed by atoms with E-state index in [1.807, 2.05) is 19.1 Å². The van der Waals surface area contributed by atoms with Crippen LogP contribution in [0.1, 0.15) is 32.5 Å². The van der Waals surface area contributed by atoms with Crippen LogP contribution in [-0.2, 0) is 6.54 Å². The quantitative estimate of drug-likeness (QED) is 0.531. The minimum Gasteiger partial charge on any atom is -0.472 e. The molecule has 0 saturated carbocycles. The molecule has 0 unspecified atom stereocenters. The summed E-state index contributed by atoms with van der Waals surface area (Å²) in [6.45, 7) is 2.94. The fourth-order valence-corrected chi connectivity index (χ4v) is 4.58. The molecular weight excluding hydrogens is 453 g/mol. The Morgan fingerprint density at radius 2 is 2.00 bits per heavy atom. The summed E-state index contributed by atoms with van der Waals surface area (Å²) in [6, 6.07) is 13.1. The van der Waals surface area contributed by atoms with Crippen molar-refractivity contribution in [3.63, 3.8) is 0 Å². The van der Waals surface area contributed by atoms with E-state index in [9.17, 15) is 14.0 Å². The van der Waals surface area contributed by atoms with Gasteiger partial charge in [0, 0.05) is 35.8 Å². The van der Waals surface area contributed by atoms with Crippen molar-refractivity contribution in [3.8, 4) is 5.75 Å². The van der Waals surface area contributed by atoms with E-state index in [2.05, 4.69) is 5.32 Å². The first kappa shape index (κ1) is 22.1. The van der Waals surface area contributed by atoms with E-state index in [4.69, 9.17) is 16.3 Å². The minimum atomic E-state index is -0.530. The monoisotopic (exact) mass is 473 g/mol. The maximum Gasteiger partial charge on any atom is 0.264 e. The highest BCUT2D eigenvalue weighted by Gasteiger charge is 2.28. The molecule has 0 radical (unpaired) electrons. The van der Waals surface area contributed by atoms with E-state index in [1.165, 1.54) is 28.4 Å². The molecule has 1 aliphatic heterocycles. The van der Waals surface area contributed by atoms with E-state index in [0.29, 0.717) is 34.4 Å². The standard InChI is InChI=1S/C23H21ClFN3O3S/c1-3-27(12-16-8-9-21(24)32-16)22(29)14-4-6-15(7-5-14)28-13-31-20-11-19(26-2)18(25)10-17(20)23(28)30/h4-11,26H,3,12-13H2,1-2H3. The number of amides is 2. The second-order valence-electron chi connectivity index (χ2n) is 7.16. The Bertz CT molecular complexity index is 1170. The van der Waals surface area contributed by atoms with Crippen LogP contribution in [0.4, 0.5) is 15.8 Å². The molecule has 9 heteroatoms. The molecule has 0 spiro atoms. The molecule has 0 bridgehead atoms. The van der Waals surface area contributed by atoms with Crippen molar-refractivity contribution in [2.75, 3.05) is 30.5 Å². The lowest BCUT2D eigenvalue weighted by molar-refractivity contribution is 0.0754. The van der Waals surface area contributed by atoms with Gasteiger partial charge in [-0.1, -0.05) is 11.6 Å². The van der Waals surface area contributed by atoms with E-state index in [0.717, 1.165) is 4.88 Å². The Balaban J connectivity index is 1.51. The SMILES string of the molecule is CCN(Cc1ccc(Cl)s1)C(=O)c1ccc(N2COc3cc(NC)c(F)cc3C2=O)cc1. The first-order chi connectivity index (χ1) is 15.4. The van der Waals surface area contributed by atoms with Crippen molar-refractivity contribution in [2.24, 2.45) is 0 Å². The third-order valence-electron chi connectivity index (χ3n) is 5.23. The van der Waals surface area contributed by atoms with E-state index >= 15 is 0 Å². The van der Waals surface area contributed by atoms with Crippen molar-refractivity contribution in [1.82, 2.24) is 4.90 Å². The number of ether oxygens (including phenoxy) is 1. The van der Waals surface area contributed by atoms with E-state index in [1.54, 1.807) is 36.2 Å². The number of thiophene rings is 1. The average molecular weight is 474 g/mol. The summed E-state index contributed by atoms with van der Waals surface area (Å²) >= 11 is 7.44. The summed E-state index contributed by atoms with van der Waals surface area (Å²) in [5.41, 5.74) is 1.48. The first-order valence-electron chi connectivity index (χ1n) is 10.0. The highest BCUT2D eigenvalue weighted by atomic mass is 35.5. The zero-order valence-electron chi connectivity index (χ0n) is 17.5. The number of rotatable bonds is 6. The smallest absolute Gasteiger partial charge is 0.264 e. The molecule has 2 aromatic carbocycles. The van der Waals surface area contributed by atoms with E-state index < -0.39 is 5.82 Å². The Kier molecular flexibility index (Phi) is 6.34. The summed E-state index contributed by atoms with van der Waals surface area (Å²) in [4.78, 5) is 30.0. The van der Waals surface area contributed by atoms with Gasteiger partial charge in [0.05, 0.1) is 22.1 Å². The highest BCUT2D eigenvalue weighted by molar-refractivity contribution is 7.16. The molecule has 1 aliphatic rings. The molecular formula is C23H21ClFN3O3S. The zero-order chi connectivity index (χ0) is 22.8. The number of fused-ring (bicyclic) bond motifs is 1. The third kappa shape index (κ3) is 4.28. The van der Waals surface area contributed by atoms with Crippen molar-refractivity contribution in [3.05, 3.63) is 74.7 Å². The van der Waals surface area contributed by atoms with Gasteiger partial charge in [-0.05, 0) is 49.4 Å². The lowest BCUT2D eigenvalue weighted by atomic mass is 10.1. The number of anilines is 2. The molecule has 2 amide bonds. The van der Waals surface area contributed by atoms with Crippen LogP contribution in [0.15, 0.2) is 48.5 Å². The van der Waals surface area contributed by atoms with Crippen molar-refractivity contribution >= 4 is 46.1 Å². The molecule has 0 fully saturated rings. The Morgan fingerprint density at radius 3 is 2.62 bits per heavy atom. The number of carbonyl (C=O) groups is 2. The molecule has 4 rings (SSSR count). The molecule has 2 heterocycles. The molecule has 1 N–H and O–H groups in total. The zero-order valence-corrected chi connectivity index (χ0v) is 19.1. The van der Waals surface area contributed by atoms with Gasteiger partial charge >= 0.3 is 0 Å². The lowest BCUT2D eigenvalue weighted by Crippen LogP contribution is -2.39. The molecule has 0 saturated heterocycles. The molecule has 1 aromatic heterocycles. The van der Waals surface area contributed by atoms with Crippen LogP contribution in [0, 0.1) is 5.82 Å². The molecule has 0 aliphatic carbocycles. The Morgan fingerprint density at radius 1 is 1.25 bits per heavy atom. The molecule has 32 heavy (non-hydrogen) atoms. The molecule has 6 nitrogen and oxygen atoms in total. The first-order valence-corrected chi connectivity index (χ1v) is 11.2. The van der Waals surface area contributed by atoms with Gasteiger partial charge in [0.1, 0.15) is 11.6 Å². The Labute approximate surface area is 194 Å². The van der Waals surface area contributed by atoms with Crippen LogP contribution in [0.3, 0.4) is 0 Å². The normalized spacial score (nSPS) is 12.9. The van der Waals surface area contributed by atoms with Crippen molar-refractivity contribution < 1.29 is 18.7 Å². The highest BCUT2D eigenvalue weighted by Crippen LogP contribution is 2.32. The fourth-order valence-electron chi connectivity index (χ4n) is 3.48. The van der Waals surface area contributed by atoms with Crippen molar-refractivity contribution in [1.29, 1.82) is 0 Å². The number of hydrogen-bond donors (Lipinski definition) is 1. The van der Waals surface area contributed by atoms with Crippen LogP contribution in [0.5, 0.6) is 5.75 Å². The summed E-state index contributed by atoms with van der Waals surface area (Å²) < 4.78 is 20.5. The van der Waals surface area contributed by atoms with Crippen LogP contribution in [0.25, 0.3) is 0 Å². The van der Waals surface area contributed by atoms with Gasteiger partial charge in [-0.15, -0.1) is 11.3 Å². The van der Waals surface area contributed by atoms with Crippen LogP contribution in [0.2, 0.25) is 4.34 Å². The molecule has 166 valence electrons. The maximum atomic E-state index is 14.2.